The van der Waals surface area contributed by atoms with E-state index in [0.29, 0.717) is 6.54 Å². The molecule has 0 unspecified atom stereocenters. The van der Waals surface area contributed by atoms with Crippen LogP contribution < -0.4 is 10.2 Å². The first-order valence-electron chi connectivity index (χ1n) is 9.05. The standard InChI is InChI=1S/C21H26N2OS/c1-25-20-10-6-5-9-19(20)22-21(24)16-23-13-11-18(12-14-23)15-17-7-3-2-4-8-17/h2-10,18H,11-16H2,1H3,(H,22,24)/p+1. The Hall–Kier alpha value is -1.78. The summed E-state index contributed by atoms with van der Waals surface area (Å²) in [5.74, 6) is 0.879. The zero-order valence-electron chi connectivity index (χ0n) is 14.8. The number of anilines is 1. The van der Waals surface area contributed by atoms with E-state index in [-0.39, 0.29) is 5.91 Å². The first-order chi connectivity index (χ1) is 12.2. The fraction of sp³-hybridized carbons (Fsp3) is 0.381. The van der Waals surface area contributed by atoms with Crippen LogP contribution in [0.4, 0.5) is 5.69 Å². The number of amides is 1. The van der Waals surface area contributed by atoms with Gasteiger partial charge in [-0.2, -0.15) is 0 Å². The van der Waals surface area contributed by atoms with Crippen molar-refractivity contribution in [1.29, 1.82) is 0 Å². The summed E-state index contributed by atoms with van der Waals surface area (Å²) in [6.45, 7) is 2.75. The molecule has 3 rings (SSSR count). The molecule has 3 nitrogen and oxygen atoms in total. The lowest BCUT2D eigenvalue weighted by Crippen LogP contribution is -3.14. The molecule has 0 atom stereocenters. The van der Waals surface area contributed by atoms with Gasteiger partial charge in [-0.05, 0) is 49.1 Å². The number of nitrogens with one attached hydrogen (secondary N) is 2. The Kier molecular flexibility index (Phi) is 6.54. The highest BCUT2D eigenvalue weighted by atomic mass is 32.2. The molecule has 0 aliphatic carbocycles. The number of piperidine rings is 1. The summed E-state index contributed by atoms with van der Waals surface area (Å²) in [4.78, 5) is 14.9. The minimum absolute atomic E-state index is 0.123. The van der Waals surface area contributed by atoms with Gasteiger partial charge in [-0.15, -0.1) is 11.8 Å². The summed E-state index contributed by atoms with van der Waals surface area (Å²) in [5, 5.41) is 3.08. The van der Waals surface area contributed by atoms with E-state index in [2.05, 4.69) is 35.6 Å². The normalized spacial score (nSPS) is 20.2. The molecule has 0 radical (unpaired) electrons. The number of carbonyl (C=O) groups is 1. The van der Waals surface area contributed by atoms with Crippen molar-refractivity contribution in [3.05, 3.63) is 60.2 Å². The van der Waals surface area contributed by atoms with Crippen LogP contribution in [0.2, 0.25) is 0 Å². The summed E-state index contributed by atoms with van der Waals surface area (Å²) in [7, 11) is 0. The summed E-state index contributed by atoms with van der Waals surface area (Å²) in [6.07, 6.45) is 5.62. The Morgan fingerprint density at radius 2 is 1.76 bits per heavy atom. The number of hydrogen-bond acceptors (Lipinski definition) is 2. The largest absolute Gasteiger partial charge is 0.327 e. The number of quaternary nitrogens is 1. The molecule has 25 heavy (non-hydrogen) atoms. The van der Waals surface area contributed by atoms with E-state index in [1.165, 1.54) is 29.7 Å². The van der Waals surface area contributed by atoms with Crippen molar-refractivity contribution in [3.63, 3.8) is 0 Å². The molecule has 1 heterocycles. The van der Waals surface area contributed by atoms with Crippen LogP contribution in [0, 0.1) is 5.92 Å². The Balaban J connectivity index is 1.45. The van der Waals surface area contributed by atoms with Crippen LogP contribution in [0.3, 0.4) is 0 Å². The number of rotatable bonds is 6. The Morgan fingerprint density at radius 3 is 2.48 bits per heavy atom. The van der Waals surface area contributed by atoms with E-state index in [0.717, 1.165) is 29.6 Å². The highest BCUT2D eigenvalue weighted by Gasteiger charge is 2.24. The quantitative estimate of drug-likeness (QED) is 0.781. The molecule has 1 aliphatic rings. The summed E-state index contributed by atoms with van der Waals surface area (Å²) in [5.41, 5.74) is 2.36. The first kappa shape index (κ1) is 18.0. The lowest BCUT2D eigenvalue weighted by atomic mass is 9.90. The third-order valence-corrected chi connectivity index (χ3v) is 5.77. The van der Waals surface area contributed by atoms with Crippen LogP contribution in [0.15, 0.2) is 59.5 Å². The van der Waals surface area contributed by atoms with E-state index in [1.807, 2.05) is 30.5 Å². The van der Waals surface area contributed by atoms with Crippen molar-refractivity contribution < 1.29 is 9.69 Å². The molecule has 1 aliphatic heterocycles. The Bertz CT molecular complexity index is 681. The predicted molar refractivity (Wildman–Crippen MR) is 105 cm³/mol. The zero-order chi connectivity index (χ0) is 17.5. The fourth-order valence-corrected chi connectivity index (χ4v) is 4.14. The lowest BCUT2D eigenvalue weighted by Gasteiger charge is -2.29. The second kappa shape index (κ2) is 9.07. The molecule has 0 bridgehead atoms. The van der Waals surface area contributed by atoms with Crippen LogP contribution in [0.25, 0.3) is 0 Å². The van der Waals surface area contributed by atoms with Gasteiger partial charge in [-0.3, -0.25) is 4.79 Å². The van der Waals surface area contributed by atoms with E-state index >= 15 is 0 Å². The second-order valence-corrected chi connectivity index (χ2v) is 7.66. The third kappa shape index (κ3) is 5.35. The highest BCUT2D eigenvalue weighted by Crippen LogP contribution is 2.24. The van der Waals surface area contributed by atoms with Crippen LogP contribution >= 0.6 is 11.8 Å². The molecule has 0 saturated carbocycles. The van der Waals surface area contributed by atoms with Crippen molar-refractivity contribution in [3.8, 4) is 0 Å². The van der Waals surface area contributed by atoms with E-state index in [1.54, 1.807) is 11.8 Å². The Labute approximate surface area is 154 Å². The molecule has 0 aromatic heterocycles. The van der Waals surface area contributed by atoms with E-state index in [4.69, 9.17) is 0 Å². The van der Waals surface area contributed by atoms with Gasteiger partial charge in [0.15, 0.2) is 6.54 Å². The van der Waals surface area contributed by atoms with Gasteiger partial charge in [0.05, 0.1) is 18.8 Å². The van der Waals surface area contributed by atoms with Gasteiger partial charge >= 0.3 is 0 Å². The number of likely N-dealkylation sites (tertiary alicyclic amines) is 1. The number of carbonyl (C=O) groups excluding carboxylic acids is 1. The highest BCUT2D eigenvalue weighted by molar-refractivity contribution is 7.98. The van der Waals surface area contributed by atoms with Crippen molar-refractivity contribution >= 4 is 23.4 Å². The maximum absolute atomic E-state index is 12.4. The van der Waals surface area contributed by atoms with Gasteiger partial charge in [0.1, 0.15) is 0 Å². The molecular formula is C21H27N2OS+. The lowest BCUT2D eigenvalue weighted by molar-refractivity contribution is -0.898. The molecule has 4 heteroatoms. The van der Waals surface area contributed by atoms with Crippen LogP contribution in [-0.4, -0.2) is 31.8 Å². The monoisotopic (exact) mass is 355 g/mol. The molecule has 2 aromatic rings. The predicted octanol–water partition coefficient (Wildman–Crippen LogP) is 2.88. The van der Waals surface area contributed by atoms with Gasteiger partial charge in [0.2, 0.25) is 0 Å². The number of thioether (sulfide) groups is 1. The van der Waals surface area contributed by atoms with Gasteiger partial charge in [0, 0.05) is 4.90 Å². The number of para-hydroxylation sites is 1. The van der Waals surface area contributed by atoms with Crippen LogP contribution in [-0.2, 0) is 11.2 Å². The second-order valence-electron chi connectivity index (χ2n) is 6.81. The first-order valence-corrected chi connectivity index (χ1v) is 10.3. The van der Waals surface area contributed by atoms with Crippen LogP contribution in [0.5, 0.6) is 0 Å². The Morgan fingerprint density at radius 1 is 1.08 bits per heavy atom. The maximum atomic E-state index is 12.4. The fourth-order valence-electron chi connectivity index (χ4n) is 3.58. The van der Waals surface area contributed by atoms with Crippen LogP contribution in [0.1, 0.15) is 18.4 Å². The van der Waals surface area contributed by atoms with Gasteiger partial charge in [-0.1, -0.05) is 42.5 Å². The SMILES string of the molecule is CSc1ccccc1NC(=O)C[NH+]1CCC(Cc2ccccc2)CC1. The topological polar surface area (TPSA) is 33.5 Å². The average Bonchev–Trinajstić information content (AvgIpc) is 2.64. The zero-order valence-corrected chi connectivity index (χ0v) is 15.6. The number of benzene rings is 2. The number of hydrogen-bond donors (Lipinski definition) is 2. The van der Waals surface area contributed by atoms with Gasteiger partial charge in [0.25, 0.3) is 5.91 Å². The summed E-state index contributed by atoms with van der Waals surface area (Å²) < 4.78 is 0. The summed E-state index contributed by atoms with van der Waals surface area (Å²) >= 11 is 1.66. The minimum Gasteiger partial charge on any atom is -0.327 e. The molecule has 1 amide bonds. The molecule has 0 spiro atoms. The summed E-state index contributed by atoms with van der Waals surface area (Å²) in [6, 6.07) is 18.7. The van der Waals surface area contributed by atoms with Gasteiger partial charge < -0.3 is 10.2 Å². The van der Waals surface area contributed by atoms with Crippen molar-refractivity contribution in [2.45, 2.75) is 24.2 Å². The van der Waals surface area contributed by atoms with Gasteiger partial charge in [-0.25, -0.2) is 0 Å². The average molecular weight is 356 g/mol. The molecular weight excluding hydrogens is 328 g/mol. The van der Waals surface area contributed by atoms with Crippen molar-refractivity contribution in [1.82, 2.24) is 0 Å². The molecule has 2 aromatic carbocycles. The van der Waals surface area contributed by atoms with Crippen molar-refractivity contribution in [2.24, 2.45) is 5.92 Å². The molecule has 1 saturated heterocycles. The minimum atomic E-state index is 0.123. The molecule has 2 N–H and O–H groups in total. The smallest absolute Gasteiger partial charge is 0.279 e. The van der Waals surface area contributed by atoms with Crippen molar-refractivity contribution in [2.75, 3.05) is 31.2 Å². The maximum Gasteiger partial charge on any atom is 0.279 e. The third-order valence-electron chi connectivity index (χ3n) is 4.97. The molecule has 1 fully saturated rings. The molecule has 132 valence electrons. The van der Waals surface area contributed by atoms with E-state index in [9.17, 15) is 4.79 Å². The van der Waals surface area contributed by atoms with E-state index < -0.39 is 0 Å².